The third-order valence-corrected chi connectivity index (χ3v) is 4.45. The molecule has 3 atom stereocenters. The number of hydrogen-bond donors (Lipinski definition) is 2. The molecule has 1 fully saturated rings. The van der Waals surface area contributed by atoms with Crippen LogP contribution in [0.4, 0.5) is 4.79 Å². The van der Waals surface area contributed by atoms with Gasteiger partial charge in [-0.25, -0.2) is 4.79 Å². The van der Waals surface area contributed by atoms with Gasteiger partial charge in [-0.3, -0.25) is 4.90 Å². The number of carbonyl (C=O) groups is 1. The summed E-state index contributed by atoms with van der Waals surface area (Å²) in [6, 6.07) is 10.9. The number of nitrogens with zero attached hydrogens (tertiary/aromatic N) is 2. The van der Waals surface area contributed by atoms with E-state index in [1.165, 1.54) is 10.5 Å². The maximum Gasteiger partial charge on any atom is 0.317 e. The van der Waals surface area contributed by atoms with Crippen LogP contribution < -0.4 is 5.32 Å². The molecule has 1 heterocycles. The maximum atomic E-state index is 12.0. The average molecular weight is 319 g/mol. The Morgan fingerprint density at radius 3 is 2.78 bits per heavy atom. The quantitative estimate of drug-likeness (QED) is 0.842. The number of likely N-dealkylation sites (tertiary alicyclic amines) is 1. The lowest BCUT2D eigenvalue weighted by molar-refractivity contribution is 0.143. The number of nitrogens with one attached hydrogen (secondary N) is 1. The van der Waals surface area contributed by atoms with E-state index in [2.05, 4.69) is 41.4 Å². The number of likely N-dealkylation sites (N-methyl/N-ethyl adjacent to an activating group) is 1. The van der Waals surface area contributed by atoms with E-state index in [4.69, 9.17) is 0 Å². The molecule has 0 spiro atoms. The van der Waals surface area contributed by atoms with Crippen LogP contribution in [-0.2, 0) is 6.54 Å². The molecule has 0 radical (unpaired) electrons. The third kappa shape index (κ3) is 5.52. The molecule has 1 aromatic rings. The smallest absolute Gasteiger partial charge is 0.317 e. The zero-order valence-electron chi connectivity index (χ0n) is 14.4. The zero-order chi connectivity index (χ0) is 16.8. The van der Waals surface area contributed by atoms with Crippen molar-refractivity contribution in [2.75, 3.05) is 26.7 Å². The van der Waals surface area contributed by atoms with Crippen molar-refractivity contribution in [2.45, 2.75) is 39.0 Å². The Bertz CT molecular complexity index is 492. The van der Waals surface area contributed by atoms with Gasteiger partial charge in [0, 0.05) is 39.3 Å². The lowest BCUT2D eigenvalue weighted by Gasteiger charge is -2.22. The molecular formula is C18H29N3O2. The van der Waals surface area contributed by atoms with E-state index in [9.17, 15) is 9.90 Å². The van der Waals surface area contributed by atoms with Gasteiger partial charge in [-0.2, -0.15) is 0 Å². The number of hydrogen-bond acceptors (Lipinski definition) is 3. The number of rotatable bonds is 6. The van der Waals surface area contributed by atoms with Crippen molar-refractivity contribution in [2.24, 2.45) is 5.92 Å². The maximum absolute atomic E-state index is 12.0. The molecule has 2 amide bonds. The van der Waals surface area contributed by atoms with Crippen LogP contribution in [0, 0.1) is 5.92 Å². The molecule has 3 unspecified atom stereocenters. The lowest BCUT2D eigenvalue weighted by Crippen LogP contribution is -2.42. The highest BCUT2D eigenvalue weighted by Crippen LogP contribution is 2.24. The Labute approximate surface area is 139 Å². The van der Waals surface area contributed by atoms with E-state index >= 15 is 0 Å². The molecule has 0 bridgehead atoms. The number of aliphatic hydroxyl groups is 1. The molecule has 5 nitrogen and oxygen atoms in total. The monoisotopic (exact) mass is 319 g/mol. The van der Waals surface area contributed by atoms with Crippen LogP contribution in [0.1, 0.15) is 25.8 Å². The Morgan fingerprint density at radius 2 is 2.13 bits per heavy atom. The molecule has 2 rings (SSSR count). The number of aliphatic hydroxyl groups excluding tert-OH is 1. The van der Waals surface area contributed by atoms with Crippen LogP contribution in [0.2, 0.25) is 0 Å². The average Bonchev–Trinajstić information content (AvgIpc) is 2.85. The molecule has 2 N–H and O–H groups in total. The van der Waals surface area contributed by atoms with Gasteiger partial charge < -0.3 is 15.3 Å². The molecule has 0 aliphatic carbocycles. The van der Waals surface area contributed by atoms with Gasteiger partial charge in [-0.15, -0.1) is 0 Å². The highest BCUT2D eigenvalue weighted by atomic mass is 16.3. The van der Waals surface area contributed by atoms with Crippen LogP contribution in [0.5, 0.6) is 0 Å². The summed E-state index contributed by atoms with van der Waals surface area (Å²) in [7, 11) is 1.71. The van der Waals surface area contributed by atoms with Gasteiger partial charge in [0.25, 0.3) is 0 Å². The minimum Gasteiger partial charge on any atom is -0.392 e. The topological polar surface area (TPSA) is 55.8 Å². The number of carbonyl (C=O) groups excluding carboxylic acids is 1. The van der Waals surface area contributed by atoms with Crippen molar-refractivity contribution in [3.63, 3.8) is 0 Å². The highest BCUT2D eigenvalue weighted by Gasteiger charge is 2.29. The molecule has 23 heavy (non-hydrogen) atoms. The van der Waals surface area contributed by atoms with Gasteiger partial charge in [0.15, 0.2) is 0 Å². The molecule has 1 saturated heterocycles. The summed E-state index contributed by atoms with van der Waals surface area (Å²) >= 11 is 0. The van der Waals surface area contributed by atoms with Gasteiger partial charge in [-0.1, -0.05) is 30.3 Å². The Hall–Kier alpha value is -1.59. The molecule has 0 saturated carbocycles. The largest absolute Gasteiger partial charge is 0.392 e. The van der Waals surface area contributed by atoms with Crippen molar-refractivity contribution < 1.29 is 9.90 Å². The normalized spacial score (nSPS) is 22.8. The first-order valence-electron chi connectivity index (χ1n) is 8.40. The number of amides is 2. The van der Waals surface area contributed by atoms with Crippen LogP contribution >= 0.6 is 0 Å². The second-order valence-electron chi connectivity index (χ2n) is 6.78. The molecule has 1 aliphatic heterocycles. The zero-order valence-corrected chi connectivity index (χ0v) is 14.4. The summed E-state index contributed by atoms with van der Waals surface area (Å²) in [5.74, 6) is 0.484. The van der Waals surface area contributed by atoms with Gasteiger partial charge >= 0.3 is 6.03 Å². The Balaban J connectivity index is 1.76. The molecule has 128 valence electrons. The van der Waals surface area contributed by atoms with Gasteiger partial charge in [0.2, 0.25) is 0 Å². The molecule has 0 aromatic heterocycles. The van der Waals surface area contributed by atoms with Crippen molar-refractivity contribution in [3.8, 4) is 0 Å². The predicted octanol–water partition coefficient (Wildman–Crippen LogP) is 1.92. The summed E-state index contributed by atoms with van der Waals surface area (Å²) in [6.45, 7) is 6.96. The van der Waals surface area contributed by atoms with E-state index in [0.29, 0.717) is 25.0 Å². The van der Waals surface area contributed by atoms with Crippen LogP contribution in [0.3, 0.4) is 0 Å². The molecule has 5 heteroatoms. The van der Waals surface area contributed by atoms with E-state index in [1.807, 2.05) is 6.07 Å². The standard InChI is InChI=1S/C18H29N3O2/c1-14-9-17(10-19-18(23)20(3)11-15(2)22)13-21(14)12-16-7-5-4-6-8-16/h4-8,14-15,17,22H,9-13H2,1-3H3,(H,19,23). The summed E-state index contributed by atoms with van der Waals surface area (Å²) in [6.07, 6.45) is 0.603. The van der Waals surface area contributed by atoms with Crippen LogP contribution in [0.15, 0.2) is 30.3 Å². The fourth-order valence-corrected chi connectivity index (χ4v) is 3.25. The second kappa shape index (κ2) is 8.31. The Morgan fingerprint density at radius 1 is 1.43 bits per heavy atom. The fraction of sp³-hybridized carbons (Fsp3) is 0.611. The minimum absolute atomic E-state index is 0.111. The van der Waals surface area contributed by atoms with Crippen LogP contribution in [-0.4, -0.2) is 59.8 Å². The first-order chi connectivity index (χ1) is 11.0. The number of urea groups is 1. The van der Waals surface area contributed by atoms with Gasteiger partial charge in [0.05, 0.1) is 6.10 Å². The SMILES string of the molecule is CC(O)CN(C)C(=O)NCC1CC(C)N(Cc2ccccc2)C1. The van der Waals surface area contributed by atoms with Gasteiger partial charge in [0.1, 0.15) is 0 Å². The molecular weight excluding hydrogens is 290 g/mol. The van der Waals surface area contributed by atoms with Crippen molar-refractivity contribution in [1.29, 1.82) is 0 Å². The summed E-state index contributed by atoms with van der Waals surface area (Å²) in [4.78, 5) is 16.0. The van der Waals surface area contributed by atoms with Crippen molar-refractivity contribution in [3.05, 3.63) is 35.9 Å². The molecule has 1 aliphatic rings. The Kier molecular flexibility index (Phi) is 6.42. The fourth-order valence-electron chi connectivity index (χ4n) is 3.25. The first kappa shape index (κ1) is 17.8. The van der Waals surface area contributed by atoms with E-state index in [1.54, 1.807) is 14.0 Å². The number of benzene rings is 1. The first-order valence-corrected chi connectivity index (χ1v) is 8.40. The third-order valence-electron chi connectivity index (χ3n) is 4.45. The molecule has 1 aromatic carbocycles. The highest BCUT2D eigenvalue weighted by molar-refractivity contribution is 5.73. The van der Waals surface area contributed by atoms with Crippen molar-refractivity contribution >= 4 is 6.03 Å². The van der Waals surface area contributed by atoms with E-state index in [0.717, 1.165) is 19.5 Å². The summed E-state index contributed by atoms with van der Waals surface area (Å²) in [5.41, 5.74) is 1.33. The minimum atomic E-state index is -0.501. The second-order valence-corrected chi connectivity index (χ2v) is 6.78. The summed E-state index contributed by atoms with van der Waals surface area (Å²) in [5, 5.41) is 12.3. The van der Waals surface area contributed by atoms with Crippen LogP contribution in [0.25, 0.3) is 0 Å². The van der Waals surface area contributed by atoms with E-state index in [-0.39, 0.29) is 6.03 Å². The lowest BCUT2D eigenvalue weighted by atomic mass is 10.1. The van der Waals surface area contributed by atoms with E-state index < -0.39 is 6.10 Å². The summed E-state index contributed by atoms with van der Waals surface area (Å²) < 4.78 is 0. The van der Waals surface area contributed by atoms with Crippen molar-refractivity contribution in [1.82, 2.24) is 15.1 Å². The predicted molar refractivity (Wildman–Crippen MR) is 92.1 cm³/mol. The van der Waals surface area contributed by atoms with Gasteiger partial charge in [-0.05, 0) is 31.7 Å².